The first-order valence-corrected chi connectivity index (χ1v) is 38.0. The van der Waals surface area contributed by atoms with Crippen molar-refractivity contribution in [3.63, 3.8) is 0 Å². The van der Waals surface area contributed by atoms with Crippen molar-refractivity contribution in [1.82, 2.24) is 0 Å². The lowest BCUT2D eigenvalue weighted by Gasteiger charge is -2.21. The fourth-order valence-corrected chi connectivity index (χ4v) is 11.6. The fourth-order valence-electron chi connectivity index (χ4n) is 10.0. The largest absolute Gasteiger partial charge is 0.472 e. The average Bonchev–Trinajstić information content (AvgIpc) is 3.70. The van der Waals surface area contributed by atoms with Crippen molar-refractivity contribution < 1.29 is 80.2 Å². The molecule has 0 aliphatic heterocycles. The number of carbonyl (C=O) groups excluding carboxylic acids is 4. The Balaban J connectivity index is 5.06. The number of phosphoric ester groups is 2. The maximum Gasteiger partial charge on any atom is 0.472 e. The Hall–Kier alpha value is -1.94. The molecule has 0 bridgehead atoms. The molecule has 3 N–H and O–H groups in total. The van der Waals surface area contributed by atoms with Crippen molar-refractivity contribution in [2.24, 2.45) is 11.8 Å². The van der Waals surface area contributed by atoms with Crippen LogP contribution in [0.15, 0.2) is 0 Å². The Labute approximate surface area is 524 Å². The molecule has 0 aliphatic carbocycles. The molecular formula is C67H130O17P2. The van der Waals surface area contributed by atoms with Crippen LogP contribution in [0.4, 0.5) is 0 Å². The number of aliphatic hydroxyl groups is 1. The molecule has 0 amide bonds. The van der Waals surface area contributed by atoms with Gasteiger partial charge in [0.15, 0.2) is 12.2 Å². The standard InChI is InChI=1S/C67H130O17P2/c1-7-10-12-14-16-31-39-45-51-66(71)83-62(55-77-64(69)49-43-37-29-15-13-11-8-2)57-81-85(73,74)79-53-61(68)54-80-86(75,76)82-58-63(56-78-65(70)50-44-38-34-33-35-41-47-59(4)5)84-67(72)52-46-40-32-28-26-24-22-20-18-17-19-21-23-25-27-30-36-42-48-60(6)9-3/h59-63,68H,7-58H2,1-6H3,(H,73,74)(H,75,76)/t60?,61-,62+,63+/m0/s1. The maximum absolute atomic E-state index is 13.0. The number of carbonyl (C=O) groups is 4. The molecule has 17 nitrogen and oxygen atoms in total. The van der Waals surface area contributed by atoms with Gasteiger partial charge in [-0.25, -0.2) is 9.13 Å². The van der Waals surface area contributed by atoms with E-state index in [0.717, 1.165) is 121 Å². The number of ether oxygens (including phenoxy) is 4. The second-order valence-corrected chi connectivity index (χ2v) is 27.8. The number of rotatable bonds is 66. The molecule has 0 rings (SSSR count). The van der Waals surface area contributed by atoms with Gasteiger partial charge in [0.25, 0.3) is 0 Å². The van der Waals surface area contributed by atoms with Gasteiger partial charge < -0.3 is 33.8 Å². The molecule has 0 aromatic heterocycles. The number of esters is 4. The summed E-state index contributed by atoms with van der Waals surface area (Å²) < 4.78 is 67.9. The van der Waals surface area contributed by atoms with E-state index < -0.39 is 97.5 Å². The Morgan fingerprint density at radius 1 is 0.337 bits per heavy atom. The van der Waals surface area contributed by atoms with Crippen molar-refractivity contribution in [2.45, 2.75) is 355 Å². The van der Waals surface area contributed by atoms with Crippen LogP contribution in [0, 0.1) is 11.8 Å². The quantitative estimate of drug-likeness (QED) is 0.0222. The van der Waals surface area contributed by atoms with Crippen molar-refractivity contribution in [2.75, 3.05) is 39.6 Å². The third kappa shape index (κ3) is 59.7. The van der Waals surface area contributed by atoms with Gasteiger partial charge in [-0.15, -0.1) is 0 Å². The summed E-state index contributed by atoms with van der Waals surface area (Å²) in [5.74, 6) is -0.589. The van der Waals surface area contributed by atoms with E-state index in [-0.39, 0.29) is 25.7 Å². The summed E-state index contributed by atoms with van der Waals surface area (Å²) in [6, 6.07) is 0. The second-order valence-electron chi connectivity index (χ2n) is 24.9. The predicted octanol–water partition coefficient (Wildman–Crippen LogP) is 18.8. The maximum atomic E-state index is 13.0. The van der Waals surface area contributed by atoms with Crippen LogP contribution in [0.1, 0.15) is 337 Å². The molecule has 0 fully saturated rings. The lowest BCUT2D eigenvalue weighted by Crippen LogP contribution is -2.30. The lowest BCUT2D eigenvalue weighted by molar-refractivity contribution is -0.161. The highest BCUT2D eigenvalue weighted by Gasteiger charge is 2.30. The molecule has 510 valence electrons. The molecule has 0 saturated heterocycles. The van der Waals surface area contributed by atoms with Crippen molar-refractivity contribution in [1.29, 1.82) is 0 Å². The van der Waals surface area contributed by atoms with E-state index >= 15 is 0 Å². The fraction of sp³-hybridized carbons (Fsp3) is 0.940. The summed E-state index contributed by atoms with van der Waals surface area (Å²) >= 11 is 0. The second kappa shape index (κ2) is 59.4. The first-order valence-electron chi connectivity index (χ1n) is 35.0. The van der Waals surface area contributed by atoms with Gasteiger partial charge >= 0.3 is 39.5 Å². The lowest BCUT2D eigenvalue weighted by atomic mass is 9.99. The summed E-state index contributed by atoms with van der Waals surface area (Å²) in [5, 5.41) is 10.5. The highest BCUT2D eigenvalue weighted by atomic mass is 31.2. The minimum Gasteiger partial charge on any atom is -0.462 e. The first kappa shape index (κ1) is 84.1. The number of hydrogen-bond acceptors (Lipinski definition) is 15. The Kier molecular flexibility index (Phi) is 58.0. The molecule has 0 aromatic rings. The SMILES string of the molecule is CCCCCCCCCCC(=O)O[C@H](COC(=O)CCCCCCCCC)COP(=O)(O)OC[C@H](O)COP(=O)(O)OC[C@@H](COC(=O)CCCCCCCCC(C)C)OC(=O)CCCCCCCCCCCCCCCCCCCCC(C)CC. The van der Waals surface area contributed by atoms with E-state index in [9.17, 15) is 43.2 Å². The number of hydrogen-bond donors (Lipinski definition) is 3. The van der Waals surface area contributed by atoms with Crippen LogP contribution in [-0.4, -0.2) is 96.7 Å². The van der Waals surface area contributed by atoms with E-state index in [4.69, 9.17) is 37.0 Å². The van der Waals surface area contributed by atoms with Crippen molar-refractivity contribution in [3.8, 4) is 0 Å². The summed E-state index contributed by atoms with van der Waals surface area (Å²) in [4.78, 5) is 72.0. The van der Waals surface area contributed by atoms with Gasteiger partial charge in [0.2, 0.25) is 0 Å². The third-order valence-corrected chi connectivity index (χ3v) is 17.7. The molecule has 3 unspecified atom stereocenters. The Bertz CT molecular complexity index is 1690. The molecule has 0 heterocycles. The van der Waals surface area contributed by atoms with E-state index in [1.54, 1.807) is 0 Å². The monoisotopic (exact) mass is 1270 g/mol. The van der Waals surface area contributed by atoms with Gasteiger partial charge in [-0.1, -0.05) is 286 Å². The van der Waals surface area contributed by atoms with Gasteiger partial charge in [0, 0.05) is 25.7 Å². The van der Waals surface area contributed by atoms with E-state index in [1.165, 1.54) is 128 Å². The Morgan fingerprint density at radius 2 is 0.593 bits per heavy atom. The average molecular weight is 1270 g/mol. The van der Waals surface area contributed by atoms with Gasteiger partial charge in [-0.2, -0.15) is 0 Å². The summed E-state index contributed by atoms with van der Waals surface area (Å²) in [7, 11) is -9.88. The molecule has 19 heteroatoms. The summed E-state index contributed by atoms with van der Waals surface area (Å²) in [6.07, 6.45) is 43.6. The van der Waals surface area contributed by atoms with Crippen LogP contribution in [0.5, 0.6) is 0 Å². The zero-order chi connectivity index (χ0) is 63.6. The topological polar surface area (TPSA) is 237 Å². The van der Waals surface area contributed by atoms with Crippen LogP contribution in [-0.2, 0) is 65.4 Å². The highest BCUT2D eigenvalue weighted by molar-refractivity contribution is 7.47. The van der Waals surface area contributed by atoms with Crippen LogP contribution in [0.2, 0.25) is 0 Å². The number of unbranched alkanes of at least 4 members (excludes halogenated alkanes) is 35. The molecule has 0 spiro atoms. The van der Waals surface area contributed by atoms with E-state index in [0.29, 0.717) is 31.6 Å². The number of aliphatic hydroxyl groups excluding tert-OH is 1. The van der Waals surface area contributed by atoms with Crippen molar-refractivity contribution >= 4 is 39.5 Å². The van der Waals surface area contributed by atoms with Crippen LogP contribution < -0.4 is 0 Å². The minimum absolute atomic E-state index is 0.104. The van der Waals surface area contributed by atoms with Gasteiger partial charge in [0.1, 0.15) is 19.3 Å². The zero-order valence-corrected chi connectivity index (χ0v) is 57.4. The zero-order valence-electron chi connectivity index (χ0n) is 55.6. The van der Waals surface area contributed by atoms with Gasteiger partial charge in [-0.05, 0) is 37.5 Å². The van der Waals surface area contributed by atoms with Gasteiger partial charge in [0.05, 0.1) is 26.4 Å². The highest BCUT2D eigenvalue weighted by Crippen LogP contribution is 2.45. The predicted molar refractivity (Wildman–Crippen MR) is 345 cm³/mol. The molecule has 0 aliphatic rings. The molecule has 0 radical (unpaired) electrons. The molecule has 0 aromatic carbocycles. The molecule has 6 atom stereocenters. The minimum atomic E-state index is -4.94. The summed E-state index contributed by atoms with van der Waals surface area (Å²) in [5.41, 5.74) is 0. The number of phosphoric acid groups is 2. The Morgan fingerprint density at radius 3 is 0.884 bits per heavy atom. The first-order chi connectivity index (χ1) is 41.4. The van der Waals surface area contributed by atoms with Crippen LogP contribution in [0.25, 0.3) is 0 Å². The third-order valence-electron chi connectivity index (χ3n) is 15.8. The van der Waals surface area contributed by atoms with Crippen LogP contribution in [0.3, 0.4) is 0 Å². The van der Waals surface area contributed by atoms with E-state index in [2.05, 4.69) is 41.5 Å². The molecule has 0 saturated carbocycles. The normalized spacial score (nSPS) is 14.5. The smallest absolute Gasteiger partial charge is 0.462 e. The molecule has 86 heavy (non-hydrogen) atoms. The van der Waals surface area contributed by atoms with Crippen molar-refractivity contribution in [3.05, 3.63) is 0 Å². The van der Waals surface area contributed by atoms with Crippen LogP contribution >= 0.6 is 15.6 Å². The van der Waals surface area contributed by atoms with Gasteiger partial charge in [-0.3, -0.25) is 37.3 Å². The summed E-state index contributed by atoms with van der Waals surface area (Å²) in [6.45, 7) is 9.43. The molecular weight excluding hydrogens is 1140 g/mol. The van der Waals surface area contributed by atoms with E-state index in [1.807, 2.05) is 0 Å².